The van der Waals surface area contributed by atoms with Gasteiger partial charge < -0.3 is 14.2 Å². The number of carbonyl (C=O) groups excluding carboxylic acids is 3. The maximum absolute atomic E-state index is 12.9. The Morgan fingerprint density at radius 2 is 0.513 bits per heavy atom. The van der Waals surface area contributed by atoms with Crippen LogP contribution in [0.2, 0.25) is 0 Å². The zero-order valence-corrected chi connectivity index (χ0v) is 49.2. The van der Waals surface area contributed by atoms with E-state index in [1.807, 2.05) is 0 Å². The molecule has 430 valence electrons. The van der Waals surface area contributed by atoms with Crippen LogP contribution in [0, 0.1) is 0 Å². The van der Waals surface area contributed by atoms with E-state index in [0.29, 0.717) is 19.3 Å². The maximum Gasteiger partial charge on any atom is 0.306 e. The van der Waals surface area contributed by atoms with Gasteiger partial charge in [0, 0.05) is 19.3 Å². The highest BCUT2D eigenvalue weighted by Gasteiger charge is 2.19. The fraction of sp³-hybridized carbons (Fsp3) is 0.643. The third-order valence-corrected chi connectivity index (χ3v) is 12.9. The molecule has 0 spiro atoms. The van der Waals surface area contributed by atoms with Crippen molar-refractivity contribution in [3.8, 4) is 0 Å². The summed E-state index contributed by atoms with van der Waals surface area (Å²) in [5, 5.41) is 0. The van der Waals surface area contributed by atoms with Crippen LogP contribution in [0.4, 0.5) is 0 Å². The topological polar surface area (TPSA) is 78.9 Å². The predicted molar refractivity (Wildman–Crippen MR) is 329 cm³/mol. The summed E-state index contributed by atoms with van der Waals surface area (Å²) in [6, 6.07) is 0. The Kier molecular flexibility index (Phi) is 59.4. The van der Waals surface area contributed by atoms with Gasteiger partial charge in [-0.3, -0.25) is 14.4 Å². The molecule has 0 radical (unpaired) electrons. The molecule has 0 aromatic rings. The molecule has 0 bridgehead atoms. The second-order valence-corrected chi connectivity index (χ2v) is 20.2. The van der Waals surface area contributed by atoms with Crippen molar-refractivity contribution in [1.29, 1.82) is 0 Å². The Hall–Kier alpha value is -4.45. The molecule has 0 rings (SSSR count). The minimum atomic E-state index is -0.805. The Morgan fingerprint density at radius 1 is 0.276 bits per heavy atom. The number of hydrogen-bond donors (Lipinski definition) is 0. The third kappa shape index (κ3) is 60.4. The fourth-order valence-corrected chi connectivity index (χ4v) is 8.19. The van der Waals surface area contributed by atoms with Crippen molar-refractivity contribution in [3.63, 3.8) is 0 Å². The number of esters is 3. The quantitative estimate of drug-likeness (QED) is 0.0261. The molecule has 0 aliphatic heterocycles. The van der Waals surface area contributed by atoms with Crippen LogP contribution in [0.1, 0.15) is 271 Å². The lowest BCUT2D eigenvalue weighted by atomic mass is 10.1. The first-order chi connectivity index (χ1) is 37.5. The Balaban J connectivity index is 4.41. The van der Waals surface area contributed by atoms with Crippen LogP contribution in [-0.4, -0.2) is 37.2 Å². The largest absolute Gasteiger partial charge is 0.462 e. The molecule has 0 aliphatic carbocycles. The number of unbranched alkanes of at least 4 members (excludes halogenated alkanes) is 22. The number of hydrogen-bond acceptors (Lipinski definition) is 6. The van der Waals surface area contributed by atoms with Crippen LogP contribution in [-0.2, 0) is 28.6 Å². The van der Waals surface area contributed by atoms with Crippen LogP contribution in [0.15, 0.2) is 134 Å². The number of ether oxygens (including phenoxy) is 3. The summed E-state index contributed by atoms with van der Waals surface area (Å²) in [4.78, 5) is 38.2. The molecule has 6 heteroatoms. The van der Waals surface area contributed by atoms with Gasteiger partial charge in [0.2, 0.25) is 0 Å². The highest BCUT2D eigenvalue weighted by molar-refractivity contribution is 5.71. The number of carbonyl (C=O) groups is 3. The van der Waals surface area contributed by atoms with Gasteiger partial charge >= 0.3 is 17.9 Å². The molecule has 76 heavy (non-hydrogen) atoms. The van der Waals surface area contributed by atoms with Gasteiger partial charge in [-0.15, -0.1) is 0 Å². The normalized spacial score (nSPS) is 13.0. The molecule has 0 aliphatic rings. The Bertz CT molecular complexity index is 1630. The number of rotatable bonds is 55. The van der Waals surface area contributed by atoms with Crippen LogP contribution in [0.5, 0.6) is 0 Å². The predicted octanol–water partition coefficient (Wildman–Crippen LogP) is 21.4. The molecule has 1 atom stereocenters. The summed E-state index contributed by atoms with van der Waals surface area (Å²) in [5.41, 5.74) is 0. The molecule has 1 unspecified atom stereocenters. The molecule has 0 heterocycles. The Labute approximate surface area is 468 Å². The van der Waals surface area contributed by atoms with E-state index < -0.39 is 6.10 Å². The molecule has 0 amide bonds. The summed E-state index contributed by atoms with van der Waals surface area (Å²) in [5.74, 6) is -0.948. The summed E-state index contributed by atoms with van der Waals surface area (Å²) in [7, 11) is 0. The lowest BCUT2D eigenvalue weighted by Crippen LogP contribution is -2.30. The molecule has 0 N–H and O–H groups in total. The first-order valence-electron chi connectivity index (χ1n) is 31.2. The van der Waals surface area contributed by atoms with E-state index in [4.69, 9.17) is 14.2 Å². The van der Waals surface area contributed by atoms with Crippen molar-refractivity contribution in [2.45, 2.75) is 277 Å². The van der Waals surface area contributed by atoms with E-state index in [2.05, 4.69) is 154 Å². The van der Waals surface area contributed by atoms with Gasteiger partial charge in [0.15, 0.2) is 6.10 Å². The van der Waals surface area contributed by atoms with Crippen molar-refractivity contribution in [3.05, 3.63) is 134 Å². The SMILES string of the molecule is CC/C=C\C/C=C\C/C=C\C/C=C\C/C=C\C/C=C\C/C=C\C/C=C\CCCCCCC(=O)OCC(COC(=O)CCCCCCC/C=C\CCCCCCC)OC(=O)CCCCCCC/C=C\C/C=C\CCCCC. The molecule has 0 saturated heterocycles. The van der Waals surface area contributed by atoms with Gasteiger partial charge in [-0.05, 0) is 141 Å². The minimum absolute atomic E-state index is 0.0995. The van der Waals surface area contributed by atoms with Crippen LogP contribution in [0.25, 0.3) is 0 Å². The summed E-state index contributed by atoms with van der Waals surface area (Å²) in [6.07, 6.45) is 88.7. The zero-order chi connectivity index (χ0) is 55.0. The molecular formula is C70H114O6. The van der Waals surface area contributed by atoms with E-state index in [1.54, 1.807) is 0 Å². The number of allylic oxidation sites excluding steroid dienone is 22. The van der Waals surface area contributed by atoms with Crippen molar-refractivity contribution >= 4 is 17.9 Å². The van der Waals surface area contributed by atoms with Gasteiger partial charge in [0.1, 0.15) is 13.2 Å². The standard InChI is InChI=1S/C70H114O6/c1-4-7-10-13-16-19-22-25-28-29-30-31-32-33-34-35-36-37-38-39-40-41-43-45-48-51-54-57-60-63-69(72)75-66-67(65-74-68(71)62-59-56-53-50-47-44-27-24-21-18-15-12-9-6-3)76-70(73)64-61-58-55-52-49-46-42-26-23-20-17-14-11-8-5-2/h7,10,16-17,19-20,24-28,30-31,33-34,36-37,39-40,42-43,45,67H,4-6,8-9,11-15,18,21-23,29,32,35,38,41,44,46-66H2,1-3H3/b10-7-,19-16-,20-17-,27-24-,28-25-,31-30-,34-33-,37-36-,40-39-,42-26-,45-43-. The first kappa shape index (κ1) is 71.5. The van der Waals surface area contributed by atoms with Crippen LogP contribution >= 0.6 is 0 Å². The van der Waals surface area contributed by atoms with Gasteiger partial charge in [-0.25, -0.2) is 0 Å². The second kappa shape index (κ2) is 63.1. The molecule has 0 aromatic carbocycles. The molecular weight excluding hydrogens is 937 g/mol. The van der Waals surface area contributed by atoms with E-state index in [-0.39, 0.29) is 31.1 Å². The molecule has 0 fully saturated rings. The fourth-order valence-electron chi connectivity index (χ4n) is 8.19. The zero-order valence-electron chi connectivity index (χ0n) is 49.2. The lowest BCUT2D eigenvalue weighted by molar-refractivity contribution is -0.167. The van der Waals surface area contributed by atoms with Gasteiger partial charge in [0.05, 0.1) is 0 Å². The van der Waals surface area contributed by atoms with E-state index >= 15 is 0 Å². The van der Waals surface area contributed by atoms with E-state index in [1.165, 1.54) is 70.6 Å². The van der Waals surface area contributed by atoms with Crippen molar-refractivity contribution < 1.29 is 28.6 Å². The van der Waals surface area contributed by atoms with Crippen molar-refractivity contribution in [2.75, 3.05) is 13.2 Å². The summed E-state index contributed by atoms with van der Waals surface area (Å²) in [6.45, 7) is 6.45. The van der Waals surface area contributed by atoms with Gasteiger partial charge in [-0.2, -0.15) is 0 Å². The van der Waals surface area contributed by atoms with Gasteiger partial charge in [0.25, 0.3) is 0 Å². The Morgan fingerprint density at radius 3 is 0.842 bits per heavy atom. The average molecular weight is 1050 g/mol. The third-order valence-electron chi connectivity index (χ3n) is 12.9. The maximum atomic E-state index is 12.9. The van der Waals surface area contributed by atoms with Crippen LogP contribution < -0.4 is 0 Å². The van der Waals surface area contributed by atoms with E-state index in [9.17, 15) is 14.4 Å². The minimum Gasteiger partial charge on any atom is -0.462 e. The summed E-state index contributed by atoms with van der Waals surface area (Å²) >= 11 is 0. The monoisotopic (exact) mass is 1050 g/mol. The summed E-state index contributed by atoms with van der Waals surface area (Å²) < 4.78 is 16.9. The second-order valence-electron chi connectivity index (χ2n) is 20.2. The lowest BCUT2D eigenvalue weighted by Gasteiger charge is -2.18. The van der Waals surface area contributed by atoms with Gasteiger partial charge in [-0.1, -0.05) is 244 Å². The molecule has 0 aromatic heterocycles. The highest BCUT2D eigenvalue weighted by Crippen LogP contribution is 2.14. The highest BCUT2D eigenvalue weighted by atomic mass is 16.6. The first-order valence-corrected chi connectivity index (χ1v) is 31.2. The van der Waals surface area contributed by atoms with E-state index in [0.717, 1.165) is 161 Å². The molecule has 6 nitrogen and oxygen atoms in total. The van der Waals surface area contributed by atoms with Crippen molar-refractivity contribution in [2.24, 2.45) is 0 Å². The van der Waals surface area contributed by atoms with Crippen LogP contribution in [0.3, 0.4) is 0 Å². The average Bonchev–Trinajstić information content (AvgIpc) is 3.42. The molecule has 0 saturated carbocycles. The van der Waals surface area contributed by atoms with Crippen molar-refractivity contribution in [1.82, 2.24) is 0 Å². The smallest absolute Gasteiger partial charge is 0.306 e.